The smallest absolute Gasteiger partial charge is 0.231 e. The van der Waals surface area contributed by atoms with Crippen molar-refractivity contribution in [2.24, 2.45) is 0 Å². The van der Waals surface area contributed by atoms with Gasteiger partial charge in [-0.3, -0.25) is 0 Å². The van der Waals surface area contributed by atoms with Crippen molar-refractivity contribution < 1.29 is 0 Å². The van der Waals surface area contributed by atoms with Gasteiger partial charge in [0.15, 0.2) is 0 Å². The molecule has 0 saturated carbocycles. The number of anilines is 3. The second kappa shape index (κ2) is 8.55. The van der Waals surface area contributed by atoms with Gasteiger partial charge in [-0.2, -0.15) is 15.0 Å². The number of hydrogen-bond donors (Lipinski definition) is 2. The van der Waals surface area contributed by atoms with E-state index in [0.717, 1.165) is 19.3 Å². The van der Waals surface area contributed by atoms with Crippen molar-refractivity contribution in [1.29, 1.82) is 0 Å². The van der Waals surface area contributed by atoms with Crippen LogP contribution >= 0.6 is 0 Å². The van der Waals surface area contributed by atoms with Crippen LogP contribution in [-0.4, -0.2) is 42.1 Å². The average Bonchev–Trinajstić information content (AvgIpc) is 2.44. The van der Waals surface area contributed by atoms with Crippen LogP contribution in [0.2, 0.25) is 0 Å². The minimum atomic E-state index is 0.432. The Morgan fingerprint density at radius 2 is 1.70 bits per heavy atom. The summed E-state index contributed by atoms with van der Waals surface area (Å²) < 4.78 is 0. The van der Waals surface area contributed by atoms with Gasteiger partial charge in [0.1, 0.15) is 0 Å². The van der Waals surface area contributed by atoms with Gasteiger partial charge in [0, 0.05) is 27.2 Å². The fourth-order valence-corrected chi connectivity index (χ4v) is 2.01. The summed E-state index contributed by atoms with van der Waals surface area (Å²) in [6.07, 6.45) is 5.89. The van der Waals surface area contributed by atoms with Crippen LogP contribution in [0.1, 0.15) is 46.0 Å². The topological polar surface area (TPSA) is 66.0 Å². The first-order chi connectivity index (χ1) is 9.60. The van der Waals surface area contributed by atoms with E-state index in [-0.39, 0.29) is 0 Å². The minimum absolute atomic E-state index is 0.432. The van der Waals surface area contributed by atoms with E-state index in [4.69, 9.17) is 0 Å². The monoisotopic (exact) mass is 280 g/mol. The molecule has 0 amide bonds. The van der Waals surface area contributed by atoms with Crippen molar-refractivity contribution in [3.63, 3.8) is 0 Å². The molecular weight excluding hydrogens is 252 g/mol. The van der Waals surface area contributed by atoms with Gasteiger partial charge in [0.05, 0.1) is 0 Å². The second-order valence-corrected chi connectivity index (χ2v) is 5.20. The summed E-state index contributed by atoms with van der Waals surface area (Å²) >= 11 is 0. The Balaban J connectivity index is 2.84. The van der Waals surface area contributed by atoms with Crippen LogP contribution in [0, 0.1) is 0 Å². The van der Waals surface area contributed by atoms with Crippen LogP contribution in [0.5, 0.6) is 0 Å². The molecule has 6 nitrogen and oxygen atoms in total. The van der Waals surface area contributed by atoms with Crippen LogP contribution in [0.4, 0.5) is 17.8 Å². The van der Waals surface area contributed by atoms with Crippen molar-refractivity contribution in [1.82, 2.24) is 15.0 Å². The second-order valence-electron chi connectivity index (χ2n) is 5.20. The maximum atomic E-state index is 4.46. The highest BCUT2D eigenvalue weighted by molar-refractivity contribution is 5.43. The highest BCUT2D eigenvalue weighted by Gasteiger charge is 2.12. The molecular formula is C14H28N6. The number of hydrogen-bond acceptors (Lipinski definition) is 6. The highest BCUT2D eigenvalue weighted by Crippen LogP contribution is 2.15. The maximum Gasteiger partial charge on any atom is 0.231 e. The van der Waals surface area contributed by atoms with Crippen LogP contribution < -0.4 is 15.5 Å². The molecule has 0 fully saturated rings. The van der Waals surface area contributed by atoms with E-state index in [2.05, 4.69) is 39.4 Å². The molecule has 0 radical (unpaired) electrons. The molecule has 0 bridgehead atoms. The number of nitrogens with one attached hydrogen (secondary N) is 2. The zero-order valence-corrected chi connectivity index (χ0v) is 13.4. The van der Waals surface area contributed by atoms with E-state index in [1.165, 1.54) is 12.8 Å². The standard InChI is InChI=1S/C14H28N6/c1-6-8-10-11(9-7-2)16-13-17-12(15-3)18-14(19-13)20(4)5/h11H,6-10H2,1-5H3,(H2,15,16,17,18,19). The summed E-state index contributed by atoms with van der Waals surface area (Å²) in [7, 11) is 5.68. The molecule has 20 heavy (non-hydrogen) atoms. The molecule has 0 aliphatic carbocycles. The number of nitrogens with zero attached hydrogens (tertiary/aromatic N) is 4. The third-order valence-electron chi connectivity index (χ3n) is 3.12. The Labute approximate surface area is 122 Å². The van der Waals surface area contributed by atoms with Crippen molar-refractivity contribution in [3.8, 4) is 0 Å². The molecule has 1 rings (SSSR count). The lowest BCUT2D eigenvalue weighted by Gasteiger charge is -2.19. The molecule has 114 valence electrons. The van der Waals surface area contributed by atoms with Crippen LogP contribution in [0.3, 0.4) is 0 Å². The lowest BCUT2D eigenvalue weighted by Crippen LogP contribution is -2.23. The van der Waals surface area contributed by atoms with E-state index < -0.39 is 0 Å². The predicted molar refractivity (Wildman–Crippen MR) is 85.5 cm³/mol. The Morgan fingerprint density at radius 1 is 1.00 bits per heavy atom. The zero-order chi connectivity index (χ0) is 15.0. The minimum Gasteiger partial charge on any atom is -0.357 e. The SMILES string of the molecule is CCCCC(CCC)Nc1nc(NC)nc(N(C)C)n1. The normalized spacial score (nSPS) is 12.1. The van der Waals surface area contributed by atoms with Crippen LogP contribution in [-0.2, 0) is 0 Å². The van der Waals surface area contributed by atoms with Gasteiger partial charge in [-0.05, 0) is 12.8 Å². The summed E-state index contributed by atoms with van der Waals surface area (Å²) in [5.74, 6) is 1.91. The Hall–Kier alpha value is -1.59. The maximum absolute atomic E-state index is 4.46. The molecule has 1 atom stereocenters. The molecule has 1 aromatic heterocycles. The number of rotatable bonds is 9. The quantitative estimate of drug-likeness (QED) is 0.725. The Bertz CT molecular complexity index is 393. The number of aromatic nitrogens is 3. The molecule has 2 N–H and O–H groups in total. The van der Waals surface area contributed by atoms with Gasteiger partial charge in [-0.1, -0.05) is 33.1 Å². The predicted octanol–water partition coefficient (Wildman–Crippen LogP) is 2.75. The fraction of sp³-hybridized carbons (Fsp3) is 0.786. The van der Waals surface area contributed by atoms with Gasteiger partial charge < -0.3 is 15.5 Å². The van der Waals surface area contributed by atoms with E-state index in [9.17, 15) is 0 Å². The molecule has 6 heteroatoms. The van der Waals surface area contributed by atoms with E-state index >= 15 is 0 Å². The summed E-state index contributed by atoms with van der Waals surface area (Å²) in [5, 5.41) is 6.44. The average molecular weight is 280 g/mol. The van der Waals surface area contributed by atoms with Gasteiger partial charge >= 0.3 is 0 Å². The molecule has 0 aliphatic heterocycles. The molecule has 0 saturated heterocycles. The lowest BCUT2D eigenvalue weighted by atomic mass is 10.1. The summed E-state index contributed by atoms with van der Waals surface area (Å²) in [6, 6.07) is 0.432. The molecule has 0 aromatic carbocycles. The Kier molecular flexibility index (Phi) is 7.04. The molecule has 0 spiro atoms. The van der Waals surface area contributed by atoms with Crippen molar-refractivity contribution in [2.75, 3.05) is 36.7 Å². The first kappa shape index (κ1) is 16.5. The highest BCUT2D eigenvalue weighted by atomic mass is 15.3. The summed E-state index contributed by atoms with van der Waals surface area (Å²) in [6.45, 7) is 4.42. The van der Waals surface area contributed by atoms with Gasteiger partial charge in [0.2, 0.25) is 17.8 Å². The van der Waals surface area contributed by atoms with Gasteiger partial charge in [-0.15, -0.1) is 0 Å². The molecule has 1 heterocycles. The first-order valence-corrected chi connectivity index (χ1v) is 7.48. The largest absolute Gasteiger partial charge is 0.357 e. The van der Waals surface area contributed by atoms with E-state index in [1.807, 2.05) is 26.0 Å². The van der Waals surface area contributed by atoms with E-state index in [0.29, 0.717) is 23.9 Å². The Morgan fingerprint density at radius 3 is 2.25 bits per heavy atom. The van der Waals surface area contributed by atoms with Crippen molar-refractivity contribution in [3.05, 3.63) is 0 Å². The third kappa shape index (κ3) is 5.19. The van der Waals surface area contributed by atoms with Crippen LogP contribution in [0.15, 0.2) is 0 Å². The van der Waals surface area contributed by atoms with Crippen molar-refractivity contribution in [2.45, 2.75) is 52.0 Å². The van der Waals surface area contributed by atoms with Crippen LogP contribution in [0.25, 0.3) is 0 Å². The zero-order valence-electron chi connectivity index (χ0n) is 13.4. The third-order valence-corrected chi connectivity index (χ3v) is 3.12. The van der Waals surface area contributed by atoms with Gasteiger partial charge in [-0.25, -0.2) is 0 Å². The lowest BCUT2D eigenvalue weighted by molar-refractivity contribution is 0.561. The first-order valence-electron chi connectivity index (χ1n) is 7.48. The summed E-state index contributed by atoms with van der Waals surface area (Å²) in [5.41, 5.74) is 0. The van der Waals surface area contributed by atoms with Gasteiger partial charge in [0.25, 0.3) is 0 Å². The summed E-state index contributed by atoms with van der Waals surface area (Å²) in [4.78, 5) is 15.1. The van der Waals surface area contributed by atoms with E-state index in [1.54, 1.807) is 0 Å². The molecule has 1 aromatic rings. The number of unbranched alkanes of at least 4 members (excludes halogenated alkanes) is 1. The molecule has 0 aliphatic rings. The molecule has 1 unspecified atom stereocenters. The van der Waals surface area contributed by atoms with Crippen molar-refractivity contribution >= 4 is 17.8 Å². The fourth-order valence-electron chi connectivity index (χ4n) is 2.01.